The molecule has 7 heteroatoms. The lowest BCUT2D eigenvalue weighted by molar-refractivity contribution is 0.327. The van der Waals surface area contributed by atoms with Crippen LogP contribution in [0.25, 0.3) is 0 Å². The molecule has 1 unspecified atom stereocenters. The van der Waals surface area contributed by atoms with Gasteiger partial charge in [0.05, 0.1) is 7.11 Å². The molecule has 2 heterocycles. The highest BCUT2D eigenvalue weighted by atomic mass is 35.5. The van der Waals surface area contributed by atoms with Crippen LogP contribution < -0.4 is 10.1 Å². The molecule has 1 aromatic heterocycles. The van der Waals surface area contributed by atoms with E-state index >= 15 is 0 Å². The van der Waals surface area contributed by atoms with E-state index in [-0.39, 0.29) is 17.3 Å². The second-order valence-electron chi connectivity index (χ2n) is 4.47. The van der Waals surface area contributed by atoms with Crippen molar-refractivity contribution in [2.45, 2.75) is 25.8 Å². The Labute approximate surface area is 112 Å². The first-order valence-corrected chi connectivity index (χ1v) is 6.49. The molecule has 1 N–H and O–H groups in total. The normalized spacial score (nSPS) is 17.7. The summed E-state index contributed by atoms with van der Waals surface area (Å²) in [7, 11) is 1.50. The smallest absolute Gasteiger partial charge is 0.322 e. The molecule has 6 nitrogen and oxygen atoms in total. The number of aromatic nitrogens is 3. The van der Waals surface area contributed by atoms with Gasteiger partial charge in [0, 0.05) is 12.6 Å². The summed E-state index contributed by atoms with van der Waals surface area (Å²) in [6, 6.07) is 0.483. The first-order valence-electron chi connectivity index (χ1n) is 6.12. The molecule has 0 amide bonds. The van der Waals surface area contributed by atoms with E-state index in [0.29, 0.717) is 5.95 Å². The Balaban J connectivity index is 1.93. The molecule has 1 fully saturated rings. The van der Waals surface area contributed by atoms with E-state index in [0.717, 1.165) is 6.54 Å². The van der Waals surface area contributed by atoms with E-state index in [2.05, 4.69) is 32.1 Å². The standard InChI is InChI=1S/C11H18ClN5O/c1-8(7-17-5-3-4-6-17)13-10-14-9(12)15-11(16-10)18-2/h8H,3-7H2,1-2H3,(H,13,14,15,16). The highest BCUT2D eigenvalue weighted by molar-refractivity contribution is 6.28. The molecular formula is C11H18ClN5O. The van der Waals surface area contributed by atoms with Gasteiger partial charge in [0.2, 0.25) is 11.2 Å². The Bertz CT molecular complexity index is 397. The molecule has 1 aliphatic rings. The van der Waals surface area contributed by atoms with Crippen LogP contribution in [-0.2, 0) is 0 Å². The molecule has 18 heavy (non-hydrogen) atoms. The Morgan fingerprint density at radius 3 is 2.72 bits per heavy atom. The van der Waals surface area contributed by atoms with Crippen LogP contribution in [0.4, 0.5) is 5.95 Å². The van der Waals surface area contributed by atoms with Crippen LogP contribution in [0.15, 0.2) is 0 Å². The highest BCUT2D eigenvalue weighted by Crippen LogP contribution is 2.13. The van der Waals surface area contributed by atoms with E-state index in [1.54, 1.807) is 0 Å². The van der Waals surface area contributed by atoms with Crippen molar-refractivity contribution < 1.29 is 4.74 Å². The first kappa shape index (κ1) is 13.3. The van der Waals surface area contributed by atoms with Gasteiger partial charge in [0.25, 0.3) is 0 Å². The van der Waals surface area contributed by atoms with Crippen LogP contribution in [0.5, 0.6) is 6.01 Å². The topological polar surface area (TPSA) is 63.2 Å². The van der Waals surface area contributed by atoms with Crippen LogP contribution >= 0.6 is 11.6 Å². The second kappa shape index (κ2) is 6.15. The second-order valence-corrected chi connectivity index (χ2v) is 4.81. The number of nitrogens with zero attached hydrogens (tertiary/aromatic N) is 4. The molecule has 1 atom stereocenters. The van der Waals surface area contributed by atoms with Crippen molar-refractivity contribution >= 4 is 17.5 Å². The Kier molecular flexibility index (Phi) is 4.54. The molecule has 0 bridgehead atoms. The summed E-state index contributed by atoms with van der Waals surface area (Å²) in [6.45, 7) is 5.43. The molecule has 1 aromatic rings. The number of halogens is 1. The largest absolute Gasteiger partial charge is 0.467 e. The number of methoxy groups -OCH3 is 1. The summed E-state index contributed by atoms with van der Waals surface area (Å²) in [4.78, 5) is 14.4. The van der Waals surface area contributed by atoms with E-state index in [1.165, 1.54) is 33.0 Å². The fourth-order valence-corrected chi connectivity index (χ4v) is 2.26. The Morgan fingerprint density at radius 1 is 1.33 bits per heavy atom. The van der Waals surface area contributed by atoms with Gasteiger partial charge in [-0.25, -0.2) is 0 Å². The molecule has 100 valence electrons. The van der Waals surface area contributed by atoms with Crippen LogP contribution in [0.1, 0.15) is 19.8 Å². The van der Waals surface area contributed by atoms with E-state index in [9.17, 15) is 0 Å². The SMILES string of the molecule is COc1nc(Cl)nc(NC(C)CN2CCCC2)n1. The molecule has 0 aliphatic carbocycles. The molecule has 0 saturated carbocycles. The third kappa shape index (κ3) is 3.68. The minimum atomic E-state index is 0.137. The molecule has 1 saturated heterocycles. The summed E-state index contributed by atoms with van der Waals surface area (Å²) in [6.07, 6.45) is 2.58. The summed E-state index contributed by atoms with van der Waals surface area (Å²) < 4.78 is 4.95. The number of nitrogens with one attached hydrogen (secondary N) is 1. The zero-order chi connectivity index (χ0) is 13.0. The monoisotopic (exact) mass is 271 g/mol. The maximum atomic E-state index is 5.79. The van der Waals surface area contributed by atoms with Gasteiger partial charge < -0.3 is 15.0 Å². The predicted octanol–water partition coefficient (Wildman–Crippen LogP) is 1.43. The van der Waals surface area contributed by atoms with Crippen molar-refractivity contribution in [3.8, 4) is 6.01 Å². The van der Waals surface area contributed by atoms with Crippen molar-refractivity contribution in [1.82, 2.24) is 19.9 Å². The van der Waals surface area contributed by atoms with Gasteiger partial charge in [-0.3, -0.25) is 0 Å². The minimum absolute atomic E-state index is 0.137. The van der Waals surface area contributed by atoms with Gasteiger partial charge in [-0.1, -0.05) is 0 Å². The third-order valence-corrected chi connectivity index (χ3v) is 3.05. The van der Waals surface area contributed by atoms with Crippen molar-refractivity contribution in [3.05, 3.63) is 5.28 Å². The summed E-state index contributed by atoms with van der Waals surface area (Å²) in [5.41, 5.74) is 0. The van der Waals surface area contributed by atoms with Gasteiger partial charge in [-0.2, -0.15) is 15.0 Å². The summed E-state index contributed by atoms with van der Waals surface area (Å²) >= 11 is 5.79. The maximum absolute atomic E-state index is 5.79. The fourth-order valence-electron chi connectivity index (χ4n) is 2.11. The molecular weight excluding hydrogens is 254 g/mol. The predicted molar refractivity (Wildman–Crippen MR) is 70.1 cm³/mol. The number of ether oxygens (including phenoxy) is 1. The average molecular weight is 272 g/mol. The van der Waals surface area contributed by atoms with Crippen molar-refractivity contribution in [1.29, 1.82) is 0 Å². The summed E-state index contributed by atoms with van der Waals surface area (Å²) in [5, 5.41) is 3.35. The maximum Gasteiger partial charge on any atom is 0.322 e. The Hall–Kier alpha value is -1.14. The lowest BCUT2D eigenvalue weighted by atomic mass is 10.3. The van der Waals surface area contributed by atoms with Gasteiger partial charge in [0.15, 0.2) is 0 Å². The summed E-state index contributed by atoms with van der Waals surface area (Å²) in [5.74, 6) is 0.457. The lowest BCUT2D eigenvalue weighted by Crippen LogP contribution is -2.33. The molecule has 2 rings (SSSR count). The van der Waals surface area contributed by atoms with E-state index in [4.69, 9.17) is 16.3 Å². The average Bonchev–Trinajstić information content (AvgIpc) is 2.80. The molecule has 0 spiro atoms. The number of hydrogen-bond donors (Lipinski definition) is 1. The van der Waals surface area contributed by atoms with Gasteiger partial charge >= 0.3 is 6.01 Å². The van der Waals surface area contributed by atoms with Crippen molar-refractivity contribution in [2.24, 2.45) is 0 Å². The van der Waals surface area contributed by atoms with Crippen LogP contribution in [-0.4, -0.2) is 52.6 Å². The zero-order valence-electron chi connectivity index (χ0n) is 10.7. The molecule has 0 radical (unpaired) electrons. The first-order chi connectivity index (χ1) is 8.67. The van der Waals surface area contributed by atoms with Gasteiger partial charge in [0.1, 0.15) is 0 Å². The lowest BCUT2D eigenvalue weighted by Gasteiger charge is -2.21. The van der Waals surface area contributed by atoms with Crippen LogP contribution in [0, 0.1) is 0 Å². The fraction of sp³-hybridized carbons (Fsp3) is 0.727. The van der Waals surface area contributed by atoms with E-state index in [1.807, 2.05) is 0 Å². The van der Waals surface area contributed by atoms with Gasteiger partial charge in [-0.15, -0.1) is 0 Å². The van der Waals surface area contributed by atoms with Crippen LogP contribution in [0.2, 0.25) is 5.28 Å². The number of anilines is 1. The zero-order valence-corrected chi connectivity index (χ0v) is 11.4. The van der Waals surface area contributed by atoms with Crippen molar-refractivity contribution in [2.75, 3.05) is 32.1 Å². The third-order valence-electron chi connectivity index (χ3n) is 2.88. The van der Waals surface area contributed by atoms with Crippen LogP contribution in [0.3, 0.4) is 0 Å². The van der Waals surface area contributed by atoms with Crippen molar-refractivity contribution in [3.63, 3.8) is 0 Å². The van der Waals surface area contributed by atoms with Gasteiger partial charge in [-0.05, 0) is 44.5 Å². The molecule has 0 aromatic carbocycles. The van der Waals surface area contributed by atoms with E-state index < -0.39 is 0 Å². The quantitative estimate of drug-likeness (QED) is 0.874. The highest BCUT2D eigenvalue weighted by Gasteiger charge is 2.15. The number of hydrogen-bond acceptors (Lipinski definition) is 6. The Morgan fingerprint density at radius 2 is 2.06 bits per heavy atom. The minimum Gasteiger partial charge on any atom is -0.467 e. The number of likely N-dealkylation sites (tertiary alicyclic amines) is 1. The molecule has 1 aliphatic heterocycles. The number of rotatable bonds is 5.